The Morgan fingerprint density at radius 2 is 1.93 bits per heavy atom. The van der Waals surface area contributed by atoms with Crippen molar-refractivity contribution in [2.24, 2.45) is 0 Å². The predicted octanol–water partition coefficient (Wildman–Crippen LogP) is 4.96. The van der Waals surface area contributed by atoms with Gasteiger partial charge in [0.05, 0.1) is 17.0 Å². The highest BCUT2D eigenvalue weighted by molar-refractivity contribution is 7.13. The first-order chi connectivity index (χ1) is 13.5. The number of aromatic nitrogens is 1. The first-order valence-corrected chi connectivity index (χ1v) is 9.86. The summed E-state index contributed by atoms with van der Waals surface area (Å²) in [6.45, 7) is 1.91. The number of benzene rings is 2. The van der Waals surface area contributed by atoms with Crippen LogP contribution < -0.4 is 10.3 Å². The van der Waals surface area contributed by atoms with E-state index < -0.39 is 6.04 Å². The van der Waals surface area contributed by atoms with E-state index in [9.17, 15) is 9.59 Å². The lowest BCUT2D eigenvalue weighted by Crippen LogP contribution is -2.29. The van der Waals surface area contributed by atoms with Crippen LogP contribution >= 0.6 is 22.9 Å². The number of fused-ring (bicyclic) bond motifs is 2. The molecule has 5 rings (SSSR count). The van der Waals surface area contributed by atoms with Crippen LogP contribution in [-0.4, -0.2) is 10.9 Å². The second kappa shape index (κ2) is 6.29. The molecule has 3 heterocycles. The molecule has 1 atom stereocenters. The summed E-state index contributed by atoms with van der Waals surface area (Å²) < 4.78 is 5.92. The number of rotatable bonds is 2. The summed E-state index contributed by atoms with van der Waals surface area (Å²) in [5.74, 6) is -0.305. The SMILES string of the molecule is Cc1ccc2oc3c(c(=O)c2c1)C(c1ccc(Cl)cc1)N(c1nccs1)C3=O. The van der Waals surface area contributed by atoms with Crippen molar-refractivity contribution in [3.05, 3.63) is 91.7 Å². The lowest BCUT2D eigenvalue weighted by atomic mass is 9.98. The molecule has 0 saturated carbocycles. The molecular weight excluding hydrogens is 396 g/mol. The summed E-state index contributed by atoms with van der Waals surface area (Å²) in [5.41, 5.74) is 2.25. The summed E-state index contributed by atoms with van der Waals surface area (Å²) >= 11 is 7.37. The first kappa shape index (κ1) is 17.2. The molecule has 4 aromatic rings. The summed E-state index contributed by atoms with van der Waals surface area (Å²) in [6, 6.07) is 11.9. The Hall–Kier alpha value is -2.96. The quantitative estimate of drug-likeness (QED) is 0.470. The summed E-state index contributed by atoms with van der Waals surface area (Å²) in [5, 5.41) is 3.34. The number of thiazole rings is 1. The van der Waals surface area contributed by atoms with Gasteiger partial charge in [0, 0.05) is 16.6 Å². The minimum absolute atomic E-state index is 0.0662. The van der Waals surface area contributed by atoms with Crippen molar-refractivity contribution in [1.82, 2.24) is 4.98 Å². The van der Waals surface area contributed by atoms with Crippen molar-refractivity contribution >= 4 is 44.9 Å². The van der Waals surface area contributed by atoms with E-state index in [0.717, 1.165) is 11.1 Å². The maximum atomic E-state index is 13.4. The van der Waals surface area contributed by atoms with Crippen LogP contribution in [0.4, 0.5) is 5.13 Å². The molecule has 0 N–H and O–H groups in total. The first-order valence-electron chi connectivity index (χ1n) is 8.60. The number of carbonyl (C=O) groups is 1. The van der Waals surface area contributed by atoms with Crippen LogP contribution in [0.2, 0.25) is 5.02 Å². The molecular formula is C21H13ClN2O3S. The van der Waals surface area contributed by atoms with Crippen molar-refractivity contribution in [3.63, 3.8) is 0 Å². The molecule has 0 radical (unpaired) electrons. The Balaban J connectivity index is 1.83. The van der Waals surface area contributed by atoms with Gasteiger partial charge in [0.25, 0.3) is 5.91 Å². The number of nitrogens with zero attached hydrogens (tertiary/aromatic N) is 2. The molecule has 0 fully saturated rings. The molecule has 2 aromatic carbocycles. The van der Waals surface area contributed by atoms with Crippen LogP contribution in [0.15, 0.2) is 63.3 Å². The molecule has 0 bridgehead atoms. The van der Waals surface area contributed by atoms with Gasteiger partial charge >= 0.3 is 0 Å². The van der Waals surface area contributed by atoms with Crippen LogP contribution in [0.25, 0.3) is 11.0 Å². The molecule has 1 unspecified atom stereocenters. The van der Waals surface area contributed by atoms with Gasteiger partial charge in [0.2, 0.25) is 5.76 Å². The smallest absolute Gasteiger partial charge is 0.297 e. The molecule has 1 aliphatic heterocycles. The second-order valence-electron chi connectivity index (χ2n) is 6.62. The molecule has 0 aliphatic carbocycles. The van der Waals surface area contributed by atoms with Crippen LogP contribution in [0.3, 0.4) is 0 Å². The van der Waals surface area contributed by atoms with E-state index in [2.05, 4.69) is 4.98 Å². The van der Waals surface area contributed by atoms with E-state index in [-0.39, 0.29) is 17.1 Å². The molecule has 7 heteroatoms. The highest BCUT2D eigenvalue weighted by Crippen LogP contribution is 2.41. The Morgan fingerprint density at radius 1 is 1.14 bits per heavy atom. The highest BCUT2D eigenvalue weighted by atomic mass is 35.5. The van der Waals surface area contributed by atoms with Crippen LogP contribution in [0.1, 0.15) is 33.3 Å². The zero-order chi connectivity index (χ0) is 19.4. The lowest BCUT2D eigenvalue weighted by Gasteiger charge is -2.22. The number of hydrogen-bond acceptors (Lipinski definition) is 5. The monoisotopic (exact) mass is 408 g/mol. The molecule has 0 saturated heterocycles. The van der Waals surface area contributed by atoms with Crippen molar-refractivity contribution in [1.29, 1.82) is 0 Å². The van der Waals surface area contributed by atoms with Crippen molar-refractivity contribution in [3.8, 4) is 0 Å². The fraction of sp³-hybridized carbons (Fsp3) is 0.0952. The fourth-order valence-electron chi connectivity index (χ4n) is 3.58. The average Bonchev–Trinajstić information content (AvgIpc) is 3.30. The molecule has 1 aliphatic rings. The molecule has 2 aromatic heterocycles. The van der Waals surface area contributed by atoms with Gasteiger partial charge in [-0.3, -0.25) is 14.5 Å². The van der Waals surface area contributed by atoms with Crippen LogP contribution in [0, 0.1) is 6.92 Å². The van der Waals surface area contributed by atoms with Gasteiger partial charge in [-0.25, -0.2) is 4.98 Å². The molecule has 1 amide bonds. The lowest BCUT2D eigenvalue weighted by molar-refractivity contribution is 0.0971. The third kappa shape index (κ3) is 2.49. The van der Waals surface area contributed by atoms with E-state index in [4.69, 9.17) is 16.0 Å². The summed E-state index contributed by atoms with van der Waals surface area (Å²) in [7, 11) is 0. The minimum atomic E-state index is -0.618. The van der Waals surface area contributed by atoms with Gasteiger partial charge in [-0.2, -0.15) is 0 Å². The maximum Gasteiger partial charge on any atom is 0.297 e. The molecule has 0 spiro atoms. The summed E-state index contributed by atoms with van der Waals surface area (Å²) in [6.07, 6.45) is 1.63. The number of anilines is 1. The Labute approximate surface area is 168 Å². The van der Waals surface area contributed by atoms with Gasteiger partial charge in [0.1, 0.15) is 5.58 Å². The Morgan fingerprint density at radius 3 is 2.64 bits per heavy atom. The number of amides is 1. The van der Waals surface area contributed by atoms with Crippen LogP contribution in [0.5, 0.6) is 0 Å². The molecule has 5 nitrogen and oxygen atoms in total. The van der Waals surface area contributed by atoms with E-state index in [0.29, 0.717) is 26.7 Å². The van der Waals surface area contributed by atoms with Gasteiger partial charge in [-0.05, 0) is 36.8 Å². The topological polar surface area (TPSA) is 63.4 Å². The molecule has 28 heavy (non-hydrogen) atoms. The zero-order valence-electron chi connectivity index (χ0n) is 14.7. The van der Waals surface area contributed by atoms with Crippen molar-refractivity contribution in [2.75, 3.05) is 4.90 Å². The van der Waals surface area contributed by atoms with Crippen LogP contribution in [-0.2, 0) is 0 Å². The van der Waals surface area contributed by atoms with Gasteiger partial charge < -0.3 is 4.42 Å². The van der Waals surface area contributed by atoms with E-state index in [1.54, 1.807) is 35.8 Å². The number of carbonyl (C=O) groups excluding carboxylic acids is 1. The van der Waals surface area contributed by atoms with Gasteiger partial charge in [0.15, 0.2) is 10.6 Å². The van der Waals surface area contributed by atoms with E-state index in [1.165, 1.54) is 16.2 Å². The molecule has 138 valence electrons. The number of halogens is 1. The third-order valence-corrected chi connectivity index (χ3v) is 5.86. The Kier molecular flexibility index (Phi) is 3.86. The zero-order valence-corrected chi connectivity index (χ0v) is 16.3. The minimum Gasteiger partial charge on any atom is -0.450 e. The van der Waals surface area contributed by atoms with Crippen molar-refractivity contribution in [2.45, 2.75) is 13.0 Å². The van der Waals surface area contributed by atoms with E-state index >= 15 is 0 Å². The second-order valence-corrected chi connectivity index (χ2v) is 7.93. The maximum absolute atomic E-state index is 13.4. The normalized spacial score (nSPS) is 16.0. The predicted molar refractivity (Wildman–Crippen MR) is 109 cm³/mol. The largest absolute Gasteiger partial charge is 0.450 e. The number of aryl methyl sites for hydroxylation is 1. The highest BCUT2D eigenvalue weighted by Gasteiger charge is 2.44. The Bertz CT molecular complexity index is 1280. The van der Waals surface area contributed by atoms with E-state index in [1.807, 2.05) is 25.1 Å². The average molecular weight is 409 g/mol. The van der Waals surface area contributed by atoms with Crippen molar-refractivity contribution < 1.29 is 9.21 Å². The fourth-order valence-corrected chi connectivity index (χ4v) is 4.37. The summed E-state index contributed by atoms with van der Waals surface area (Å²) in [4.78, 5) is 32.5. The van der Waals surface area contributed by atoms with Gasteiger partial charge in [-0.1, -0.05) is 35.4 Å². The standard InChI is InChI=1S/C21H13ClN2O3S/c1-11-2-7-15-14(10-11)18(25)16-17(12-3-5-13(22)6-4-12)24(20(26)19(16)27-15)21-23-8-9-28-21/h2-10,17H,1H3. The third-order valence-electron chi connectivity index (χ3n) is 4.84. The number of hydrogen-bond donors (Lipinski definition) is 0. The van der Waals surface area contributed by atoms with Gasteiger partial charge in [-0.15, -0.1) is 11.3 Å².